The topological polar surface area (TPSA) is 33.4 Å². The molecule has 0 spiro atoms. The predicted octanol–water partition coefficient (Wildman–Crippen LogP) is 3.91. The van der Waals surface area contributed by atoms with Crippen LogP contribution in [-0.2, 0) is 12.8 Å². The molecular weight excluding hydrogens is 255 g/mol. The Morgan fingerprint density at radius 3 is 2.83 bits per heavy atom. The van der Waals surface area contributed by atoms with Crippen LogP contribution in [0.15, 0.2) is 34.9 Å². The molecule has 1 aromatic heterocycles. The predicted molar refractivity (Wildman–Crippen MR) is 68.2 cm³/mol. The summed E-state index contributed by atoms with van der Waals surface area (Å²) in [6, 6.07) is 5.93. The van der Waals surface area contributed by atoms with E-state index in [0.29, 0.717) is 17.0 Å². The minimum absolute atomic E-state index is 0.329. The van der Waals surface area contributed by atoms with Crippen molar-refractivity contribution in [1.29, 1.82) is 0 Å². The van der Waals surface area contributed by atoms with E-state index in [0.717, 1.165) is 17.7 Å². The normalized spacial score (nSPS) is 12.7. The number of aryl methyl sites for hydroxylation is 1. The average molecular weight is 269 g/mol. The lowest BCUT2D eigenvalue weighted by molar-refractivity contribution is 0.176. The lowest BCUT2D eigenvalue weighted by atomic mass is 10.0. The summed E-state index contributed by atoms with van der Waals surface area (Å²) in [5.74, 6) is 0.386. The molecule has 2 aromatic rings. The third kappa shape index (κ3) is 2.74. The summed E-state index contributed by atoms with van der Waals surface area (Å²) in [6.07, 6.45) is 1.92. The first-order chi connectivity index (χ1) is 8.61. The zero-order valence-corrected chi connectivity index (χ0v) is 10.7. The second-order valence-corrected chi connectivity index (χ2v) is 4.52. The van der Waals surface area contributed by atoms with Crippen LogP contribution in [0.4, 0.5) is 4.39 Å². The summed E-state index contributed by atoms with van der Waals surface area (Å²) >= 11 is 5.93. The highest BCUT2D eigenvalue weighted by Crippen LogP contribution is 2.27. The van der Waals surface area contributed by atoms with Gasteiger partial charge in [-0.2, -0.15) is 0 Å². The molecule has 0 radical (unpaired) electrons. The van der Waals surface area contributed by atoms with Gasteiger partial charge in [-0.1, -0.05) is 24.6 Å². The Kier molecular flexibility index (Phi) is 4.04. The van der Waals surface area contributed by atoms with Gasteiger partial charge in [-0.25, -0.2) is 4.39 Å². The molecule has 18 heavy (non-hydrogen) atoms. The number of furan rings is 1. The largest absolute Gasteiger partial charge is 0.469 e. The molecule has 1 atom stereocenters. The monoisotopic (exact) mass is 268 g/mol. The fraction of sp³-hybridized carbons (Fsp3) is 0.286. The summed E-state index contributed by atoms with van der Waals surface area (Å²) in [7, 11) is 0. The van der Waals surface area contributed by atoms with Crippen molar-refractivity contribution in [3.8, 4) is 0 Å². The molecule has 0 fully saturated rings. The van der Waals surface area contributed by atoms with Crippen LogP contribution < -0.4 is 0 Å². The quantitative estimate of drug-likeness (QED) is 0.912. The lowest BCUT2D eigenvalue weighted by Gasteiger charge is -2.11. The Bertz CT molecular complexity index is 536. The molecule has 1 unspecified atom stereocenters. The third-order valence-electron chi connectivity index (χ3n) is 2.89. The number of halogens is 2. The van der Waals surface area contributed by atoms with E-state index in [4.69, 9.17) is 16.0 Å². The van der Waals surface area contributed by atoms with Crippen molar-refractivity contribution in [3.63, 3.8) is 0 Å². The minimum Gasteiger partial charge on any atom is -0.469 e. The molecule has 0 aliphatic heterocycles. The van der Waals surface area contributed by atoms with Crippen molar-refractivity contribution in [2.45, 2.75) is 25.9 Å². The average Bonchev–Trinajstić information content (AvgIpc) is 2.81. The van der Waals surface area contributed by atoms with Crippen molar-refractivity contribution in [2.75, 3.05) is 0 Å². The maximum Gasteiger partial charge on any atom is 0.124 e. The molecule has 96 valence electrons. The Morgan fingerprint density at radius 2 is 2.17 bits per heavy atom. The van der Waals surface area contributed by atoms with Gasteiger partial charge in [0.2, 0.25) is 0 Å². The second kappa shape index (κ2) is 5.55. The highest BCUT2D eigenvalue weighted by Gasteiger charge is 2.16. The van der Waals surface area contributed by atoms with Crippen LogP contribution in [0.2, 0.25) is 5.02 Å². The fourth-order valence-corrected chi connectivity index (χ4v) is 2.18. The Balaban J connectivity index is 2.18. The molecule has 0 aliphatic rings. The van der Waals surface area contributed by atoms with E-state index in [1.54, 1.807) is 18.4 Å². The van der Waals surface area contributed by atoms with Gasteiger partial charge in [0.05, 0.1) is 12.4 Å². The molecule has 2 nitrogen and oxygen atoms in total. The van der Waals surface area contributed by atoms with Crippen molar-refractivity contribution in [2.24, 2.45) is 0 Å². The number of aliphatic hydroxyl groups excluding tert-OH is 1. The Morgan fingerprint density at radius 1 is 1.39 bits per heavy atom. The molecule has 0 saturated heterocycles. The Labute approximate surface area is 110 Å². The summed E-state index contributed by atoms with van der Waals surface area (Å²) in [5, 5.41) is 10.5. The van der Waals surface area contributed by atoms with Crippen LogP contribution in [0.25, 0.3) is 0 Å². The molecule has 1 heterocycles. The summed E-state index contributed by atoms with van der Waals surface area (Å²) in [5.41, 5.74) is 1.48. The first-order valence-electron chi connectivity index (χ1n) is 5.80. The van der Waals surface area contributed by atoms with E-state index in [9.17, 15) is 9.50 Å². The van der Waals surface area contributed by atoms with Gasteiger partial charge >= 0.3 is 0 Å². The SMILES string of the molecule is CCc1occc1C(O)Cc1ccc(F)cc1Cl. The van der Waals surface area contributed by atoms with Gasteiger partial charge in [0.15, 0.2) is 0 Å². The van der Waals surface area contributed by atoms with E-state index in [1.165, 1.54) is 12.1 Å². The van der Waals surface area contributed by atoms with Gasteiger partial charge in [-0.05, 0) is 23.8 Å². The summed E-state index contributed by atoms with van der Waals surface area (Å²) < 4.78 is 18.2. The van der Waals surface area contributed by atoms with Crippen molar-refractivity contribution >= 4 is 11.6 Å². The number of hydrogen-bond donors (Lipinski definition) is 1. The number of rotatable bonds is 4. The van der Waals surface area contributed by atoms with Gasteiger partial charge in [0.25, 0.3) is 0 Å². The van der Waals surface area contributed by atoms with Gasteiger partial charge in [0, 0.05) is 23.4 Å². The molecule has 0 aliphatic carbocycles. The van der Waals surface area contributed by atoms with Gasteiger partial charge < -0.3 is 9.52 Å². The maximum absolute atomic E-state index is 12.9. The summed E-state index contributed by atoms with van der Waals surface area (Å²) in [4.78, 5) is 0. The van der Waals surface area contributed by atoms with Crippen molar-refractivity contribution < 1.29 is 13.9 Å². The van der Waals surface area contributed by atoms with Crippen LogP contribution in [0.1, 0.15) is 29.9 Å². The number of hydrogen-bond acceptors (Lipinski definition) is 2. The molecule has 4 heteroatoms. The zero-order valence-electron chi connectivity index (χ0n) is 9.99. The molecule has 2 rings (SSSR count). The van der Waals surface area contributed by atoms with Crippen LogP contribution >= 0.6 is 11.6 Å². The van der Waals surface area contributed by atoms with E-state index < -0.39 is 6.10 Å². The first-order valence-corrected chi connectivity index (χ1v) is 6.18. The fourth-order valence-electron chi connectivity index (χ4n) is 1.94. The highest BCUT2D eigenvalue weighted by molar-refractivity contribution is 6.31. The van der Waals surface area contributed by atoms with E-state index in [-0.39, 0.29) is 5.82 Å². The molecule has 1 aromatic carbocycles. The van der Waals surface area contributed by atoms with Gasteiger partial charge in [-0.3, -0.25) is 0 Å². The van der Waals surface area contributed by atoms with Crippen molar-refractivity contribution in [1.82, 2.24) is 0 Å². The van der Waals surface area contributed by atoms with Crippen LogP contribution in [0.3, 0.4) is 0 Å². The molecule has 0 amide bonds. The number of aliphatic hydroxyl groups is 1. The highest BCUT2D eigenvalue weighted by atomic mass is 35.5. The van der Waals surface area contributed by atoms with Crippen molar-refractivity contribution in [3.05, 3.63) is 58.3 Å². The van der Waals surface area contributed by atoms with Crippen LogP contribution in [0, 0.1) is 5.82 Å². The van der Waals surface area contributed by atoms with Gasteiger partial charge in [0.1, 0.15) is 11.6 Å². The van der Waals surface area contributed by atoms with E-state index >= 15 is 0 Å². The van der Waals surface area contributed by atoms with E-state index in [2.05, 4.69) is 0 Å². The number of benzene rings is 1. The maximum atomic E-state index is 12.9. The van der Waals surface area contributed by atoms with Crippen LogP contribution in [-0.4, -0.2) is 5.11 Å². The minimum atomic E-state index is -0.693. The first kappa shape index (κ1) is 13.1. The van der Waals surface area contributed by atoms with E-state index in [1.807, 2.05) is 6.92 Å². The molecular formula is C14H14ClFO2. The third-order valence-corrected chi connectivity index (χ3v) is 3.24. The summed E-state index contributed by atoms with van der Waals surface area (Å²) in [6.45, 7) is 1.96. The molecule has 0 bridgehead atoms. The lowest BCUT2D eigenvalue weighted by Crippen LogP contribution is -2.03. The zero-order chi connectivity index (χ0) is 13.1. The van der Waals surface area contributed by atoms with Crippen LogP contribution in [0.5, 0.6) is 0 Å². The molecule has 1 N–H and O–H groups in total. The Hall–Kier alpha value is -1.32. The molecule has 0 saturated carbocycles. The smallest absolute Gasteiger partial charge is 0.124 e. The van der Waals surface area contributed by atoms with Gasteiger partial charge in [-0.15, -0.1) is 0 Å². The second-order valence-electron chi connectivity index (χ2n) is 4.11. The standard InChI is InChI=1S/C14H14ClFO2/c1-2-14-11(5-6-18-14)13(17)7-9-3-4-10(16)8-12(9)15/h3-6,8,13,17H,2,7H2,1H3.